The van der Waals surface area contributed by atoms with Gasteiger partial charge in [0.15, 0.2) is 0 Å². The number of hydrogen-bond donors (Lipinski definition) is 1. The van der Waals surface area contributed by atoms with E-state index >= 15 is 0 Å². The van der Waals surface area contributed by atoms with Crippen LogP contribution in [0, 0.1) is 11.8 Å². The molecule has 3 aromatic heterocycles. The highest BCUT2D eigenvalue weighted by Gasteiger charge is 2.26. The van der Waals surface area contributed by atoms with Gasteiger partial charge in [-0.2, -0.15) is 13.8 Å². The molecule has 1 aliphatic rings. The van der Waals surface area contributed by atoms with Gasteiger partial charge in [-0.1, -0.05) is 36.3 Å². The van der Waals surface area contributed by atoms with E-state index in [1.54, 1.807) is 19.3 Å². The second-order valence-electron chi connectivity index (χ2n) is 8.44. The van der Waals surface area contributed by atoms with E-state index in [1.165, 1.54) is 4.68 Å². The zero-order chi connectivity index (χ0) is 23.5. The first-order valence-corrected chi connectivity index (χ1v) is 12.1. The van der Waals surface area contributed by atoms with Crippen LogP contribution in [0.4, 0.5) is 5.95 Å². The Morgan fingerprint density at radius 2 is 2.12 bits per heavy atom. The summed E-state index contributed by atoms with van der Waals surface area (Å²) in [6.45, 7) is 3.71. The Labute approximate surface area is 201 Å². The normalized spacial score (nSPS) is 16.9. The largest absolute Gasteiger partial charge is 0.341 e. The maximum absolute atomic E-state index is 13.9. The van der Waals surface area contributed by atoms with Crippen LogP contribution in [0.15, 0.2) is 47.5 Å². The van der Waals surface area contributed by atoms with Gasteiger partial charge in [0, 0.05) is 25.6 Å². The van der Waals surface area contributed by atoms with Crippen LogP contribution in [0.3, 0.4) is 0 Å². The molecule has 0 saturated carbocycles. The van der Waals surface area contributed by atoms with Gasteiger partial charge in [-0.15, -0.1) is 5.92 Å². The Balaban J connectivity index is 1.64. The first kappa shape index (κ1) is 22.3. The fourth-order valence-corrected chi connectivity index (χ4v) is 4.95. The minimum absolute atomic E-state index is 0.0847. The molecule has 1 aliphatic heterocycles. The van der Waals surface area contributed by atoms with Gasteiger partial charge in [0.2, 0.25) is 5.95 Å². The molecule has 0 radical (unpaired) electrons. The van der Waals surface area contributed by atoms with Crippen molar-refractivity contribution in [3.8, 4) is 11.8 Å². The van der Waals surface area contributed by atoms with Crippen LogP contribution in [-0.4, -0.2) is 47.2 Å². The average Bonchev–Trinajstić information content (AvgIpc) is 3.51. The molecule has 0 bridgehead atoms. The molecule has 174 valence electrons. The zero-order valence-electron chi connectivity index (χ0n) is 19.0. The van der Waals surface area contributed by atoms with Crippen molar-refractivity contribution in [1.29, 1.82) is 0 Å². The number of hydrogen-bond acceptors (Lipinski definition) is 8. The van der Waals surface area contributed by atoms with Crippen LogP contribution in [0.1, 0.15) is 37.1 Å². The van der Waals surface area contributed by atoms with Crippen LogP contribution < -0.4 is 16.2 Å². The molecular formula is C24H26N8OS. The lowest BCUT2D eigenvalue weighted by Crippen LogP contribution is -2.44. The van der Waals surface area contributed by atoms with Crippen LogP contribution in [0.5, 0.6) is 0 Å². The molecule has 2 atom stereocenters. The molecule has 4 aromatic rings. The third kappa shape index (κ3) is 4.32. The van der Waals surface area contributed by atoms with Crippen molar-refractivity contribution in [2.45, 2.75) is 44.8 Å². The summed E-state index contributed by atoms with van der Waals surface area (Å²) in [6, 6.07) is 9.72. The highest BCUT2D eigenvalue weighted by atomic mass is 32.1. The summed E-state index contributed by atoms with van der Waals surface area (Å²) >= 11 is 1.12. The highest BCUT2D eigenvalue weighted by Crippen LogP contribution is 2.25. The highest BCUT2D eigenvalue weighted by molar-refractivity contribution is 6.99. The zero-order valence-corrected chi connectivity index (χ0v) is 19.8. The maximum Gasteiger partial charge on any atom is 0.293 e. The van der Waals surface area contributed by atoms with Crippen molar-refractivity contribution >= 4 is 28.7 Å². The van der Waals surface area contributed by atoms with Crippen LogP contribution >= 0.6 is 11.7 Å². The van der Waals surface area contributed by atoms with E-state index in [9.17, 15) is 4.79 Å². The third-order valence-corrected chi connectivity index (χ3v) is 6.62. The third-order valence-electron chi connectivity index (χ3n) is 6.13. The molecule has 10 heteroatoms. The number of imidazole rings is 1. The summed E-state index contributed by atoms with van der Waals surface area (Å²) in [4.78, 5) is 20.9. The molecule has 0 aliphatic carbocycles. The number of nitrogens with two attached hydrogens (primary N) is 1. The first-order valence-electron chi connectivity index (χ1n) is 11.3. The summed E-state index contributed by atoms with van der Waals surface area (Å²) < 4.78 is 12.0. The van der Waals surface area contributed by atoms with E-state index in [0.717, 1.165) is 42.6 Å². The van der Waals surface area contributed by atoms with Gasteiger partial charge >= 0.3 is 0 Å². The lowest BCUT2D eigenvalue weighted by Gasteiger charge is -2.31. The van der Waals surface area contributed by atoms with Crippen molar-refractivity contribution in [2.75, 3.05) is 18.0 Å². The van der Waals surface area contributed by atoms with Crippen molar-refractivity contribution in [3.63, 3.8) is 0 Å². The Bertz CT molecular complexity index is 1380. The lowest BCUT2D eigenvalue weighted by atomic mass is 10.0. The maximum atomic E-state index is 13.9. The number of aromatic nitrogens is 6. The summed E-state index contributed by atoms with van der Waals surface area (Å²) in [5, 5.41) is 4.54. The van der Waals surface area contributed by atoms with Crippen LogP contribution in [0.2, 0.25) is 0 Å². The number of fused-ring (bicyclic) bond motifs is 1. The number of rotatable bonds is 6. The topological polar surface area (TPSA) is 108 Å². The molecule has 1 aromatic carbocycles. The summed E-state index contributed by atoms with van der Waals surface area (Å²) in [6.07, 6.45) is 5.92. The number of benzene rings is 1. The number of nitrogens with zero attached hydrogens (tertiary/aromatic N) is 7. The van der Waals surface area contributed by atoms with E-state index in [-0.39, 0.29) is 17.6 Å². The molecule has 0 spiro atoms. The summed E-state index contributed by atoms with van der Waals surface area (Å²) in [5.41, 5.74) is 8.86. The molecule has 0 amide bonds. The Hall–Kier alpha value is -3.55. The lowest BCUT2D eigenvalue weighted by molar-refractivity contribution is 0.487. The Morgan fingerprint density at radius 1 is 1.26 bits per heavy atom. The molecular weight excluding hydrogens is 448 g/mol. The van der Waals surface area contributed by atoms with Gasteiger partial charge in [-0.25, -0.2) is 9.67 Å². The Morgan fingerprint density at radius 3 is 2.85 bits per heavy atom. The van der Waals surface area contributed by atoms with Gasteiger partial charge < -0.3 is 10.6 Å². The quantitative estimate of drug-likeness (QED) is 0.427. The smallest absolute Gasteiger partial charge is 0.293 e. The van der Waals surface area contributed by atoms with Gasteiger partial charge in [-0.05, 0) is 25.3 Å². The van der Waals surface area contributed by atoms with Crippen molar-refractivity contribution < 1.29 is 0 Å². The summed E-state index contributed by atoms with van der Waals surface area (Å²) in [5.74, 6) is 6.76. The molecule has 34 heavy (non-hydrogen) atoms. The van der Waals surface area contributed by atoms with Crippen molar-refractivity contribution in [3.05, 3.63) is 64.3 Å². The number of anilines is 1. The van der Waals surface area contributed by atoms with Gasteiger partial charge in [0.25, 0.3) is 5.56 Å². The predicted octanol–water partition coefficient (Wildman–Crippen LogP) is 2.23. The van der Waals surface area contributed by atoms with E-state index in [2.05, 4.69) is 30.6 Å². The monoisotopic (exact) mass is 474 g/mol. The minimum Gasteiger partial charge on any atom is -0.341 e. The van der Waals surface area contributed by atoms with Crippen LogP contribution in [-0.2, 0) is 13.0 Å². The van der Waals surface area contributed by atoms with E-state index in [0.29, 0.717) is 36.2 Å². The van der Waals surface area contributed by atoms with Crippen molar-refractivity contribution in [2.24, 2.45) is 5.73 Å². The second kappa shape index (κ2) is 9.75. The Kier molecular flexibility index (Phi) is 6.38. The molecule has 1 unspecified atom stereocenters. The van der Waals surface area contributed by atoms with E-state index in [4.69, 9.17) is 10.7 Å². The average molecular weight is 475 g/mol. The van der Waals surface area contributed by atoms with E-state index in [1.807, 2.05) is 34.9 Å². The van der Waals surface area contributed by atoms with Crippen LogP contribution in [0.25, 0.3) is 11.0 Å². The second-order valence-corrected chi connectivity index (χ2v) is 9.00. The van der Waals surface area contributed by atoms with Gasteiger partial charge in [-0.3, -0.25) is 9.36 Å². The molecule has 2 N–H and O–H groups in total. The molecule has 5 rings (SSSR count). The molecule has 4 heterocycles. The van der Waals surface area contributed by atoms with Gasteiger partial charge in [0.05, 0.1) is 36.4 Å². The SMILES string of the molecule is CC#CCn1c(N2CCC[C@@H](N)C2)nc2cnn(C(Cc3ccccc3)c3cnsn3)c(=O)c21. The standard InChI is InChI=1S/C24H26N8OS/c1-2-3-12-31-22-20(28-24(31)30-11-7-10-18(25)16-30)14-26-32(23(22)33)21(19-15-27-34-29-19)13-17-8-5-4-6-9-17/h4-6,8-9,14-15,18,21H,7,10-13,16,25H2,1H3/t18-,21?/m1/s1. The molecule has 1 fully saturated rings. The minimum atomic E-state index is -0.384. The van der Waals surface area contributed by atoms with Gasteiger partial charge in [0.1, 0.15) is 17.1 Å². The fourth-order valence-electron chi connectivity index (χ4n) is 4.49. The summed E-state index contributed by atoms with van der Waals surface area (Å²) in [7, 11) is 0. The molecule has 1 saturated heterocycles. The fraction of sp³-hybridized carbons (Fsp3) is 0.375. The predicted molar refractivity (Wildman–Crippen MR) is 133 cm³/mol. The number of piperidine rings is 1. The van der Waals surface area contributed by atoms with E-state index < -0.39 is 0 Å². The van der Waals surface area contributed by atoms with Crippen molar-refractivity contribution in [1.82, 2.24) is 28.1 Å². The molecule has 9 nitrogen and oxygen atoms in total. The first-order chi connectivity index (χ1) is 16.7.